The predicted molar refractivity (Wildman–Crippen MR) is 73.8 cm³/mol. The fourth-order valence-corrected chi connectivity index (χ4v) is 2.63. The average Bonchev–Trinajstić information content (AvgIpc) is 2.42. The van der Waals surface area contributed by atoms with Crippen molar-refractivity contribution in [3.8, 4) is 5.88 Å². The number of rotatable bonds is 5. The minimum absolute atomic E-state index is 0.451. The molecule has 18 heavy (non-hydrogen) atoms. The van der Waals surface area contributed by atoms with Gasteiger partial charge >= 0.3 is 0 Å². The maximum Gasteiger partial charge on any atom is 0.237 e. The van der Waals surface area contributed by atoms with Crippen LogP contribution in [0.25, 0.3) is 0 Å². The number of aromatic nitrogens is 1. The Morgan fingerprint density at radius 2 is 2.28 bits per heavy atom. The number of nitrogens with two attached hydrogens (primary N) is 1. The van der Waals surface area contributed by atoms with Crippen LogP contribution in [0, 0.1) is 5.92 Å². The van der Waals surface area contributed by atoms with Crippen molar-refractivity contribution < 1.29 is 4.74 Å². The SMILES string of the molecule is CCOc1ncccc1NC1CCCCC1CN. The third kappa shape index (κ3) is 3.13. The molecule has 4 heteroatoms. The van der Waals surface area contributed by atoms with E-state index in [1.54, 1.807) is 6.20 Å². The molecule has 2 atom stereocenters. The number of pyridine rings is 1. The van der Waals surface area contributed by atoms with Gasteiger partial charge in [-0.15, -0.1) is 0 Å². The third-order valence-electron chi connectivity index (χ3n) is 3.60. The maximum absolute atomic E-state index is 5.86. The Morgan fingerprint density at radius 1 is 1.44 bits per heavy atom. The molecule has 0 aromatic carbocycles. The third-order valence-corrected chi connectivity index (χ3v) is 3.60. The Hall–Kier alpha value is -1.29. The van der Waals surface area contributed by atoms with Gasteiger partial charge in [0, 0.05) is 12.2 Å². The van der Waals surface area contributed by atoms with Gasteiger partial charge in [0.25, 0.3) is 0 Å². The molecule has 3 N–H and O–H groups in total. The molecule has 1 aliphatic rings. The van der Waals surface area contributed by atoms with Crippen molar-refractivity contribution in [3.63, 3.8) is 0 Å². The molecular weight excluding hydrogens is 226 g/mol. The summed E-state index contributed by atoms with van der Waals surface area (Å²) in [5.41, 5.74) is 6.85. The van der Waals surface area contributed by atoms with Gasteiger partial charge in [-0.05, 0) is 44.4 Å². The lowest BCUT2D eigenvalue weighted by atomic mass is 9.84. The molecule has 2 rings (SSSR count). The lowest BCUT2D eigenvalue weighted by Gasteiger charge is -2.32. The maximum atomic E-state index is 5.86. The van der Waals surface area contributed by atoms with Crippen LogP contribution < -0.4 is 15.8 Å². The molecular formula is C14H23N3O. The summed E-state index contributed by atoms with van der Waals surface area (Å²) in [4.78, 5) is 4.27. The van der Waals surface area contributed by atoms with Crippen LogP contribution in [-0.2, 0) is 0 Å². The van der Waals surface area contributed by atoms with E-state index in [-0.39, 0.29) is 0 Å². The molecule has 1 saturated carbocycles. The van der Waals surface area contributed by atoms with Crippen molar-refractivity contribution in [2.75, 3.05) is 18.5 Å². The lowest BCUT2D eigenvalue weighted by Crippen LogP contribution is -2.36. The Kier molecular flexibility index (Phi) is 4.81. The van der Waals surface area contributed by atoms with Crippen LogP contribution in [-0.4, -0.2) is 24.2 Å². The molecule has 1 fully saturated rings. The predicted octanol–water partition coefficient (Wildman–Crippen LogP) is 2.41. The largest absolute Gasteiger partial charge is 0.476 e. The first-order valence-electron chi connectivity index (χ1n) is 6.89. The zero-order valence-corrected chi connectivity index (χ0v) is 11.1. The van der Waals surface area contributed by atoms with Crippen molar-refractivity contribution in [2.24, 2.45) is 11.7 Å². The van der Waals surface area contributed by atoms with Crippen molar-refractivity contribution >= 4 is 5.69 Å². The molecule has 1 heterocycles. The van der Waals surface area contributed by atoms with E-state index in [2.05, 4.69) is 10.3 Å². The van der Waals surface area contributed by atoms with Crippen molar-refractivity contribution in [3.05, 3.63) is 18.3 Å². The molecule has 1 aliphatic carbocycles. The summed E-state index contributed by atoms with van der Waals surface area (Å²) in [5.74, 6) is 1.26. The molecule has 0 radical (unpaired) electrons. The molecule has 0 saturated heterocycles. The Bertz CT molecular complexity index is 370. The van der Waals surface area contributed by atoms with E-state index in [1.807, 2.05) is 19.1 Å². The van der Waals surface area contributed by atoms with Gasteiger partial charge in [-0.1, -0.05) is 12.8 Å². The van der Waals surface area contributed by atoms with E-state index < -0.39 is 0 Å². The molecule has 0 spiro atoms. The van der Waals surface area contributed by atoms with Gasteiger partial charge in [0.15, 0.2) is 0 Å². The molecule has 1 aromatic heterocycles. The number of hydrogen-bond donors (Lipinski definition) is 2. The van der Waals surface area contributed by atoms with Gasteiger partial charge in [0.2, 0.25) is 5.88 Å². The van der Waals surface area contributed by atoms with Crippen LogP contribution in [0.2, 0.25) is 0 Å². The average molecular weight is 249 g/mol. The topological polar surface area (TPSA) is 60.2 Å². The zero-order chi connectivity index (χ0) is 12.8. The fraction of sp³-hybridized carbons (Fsp3) is 0.643. The van der Waals surface area contributed by atoms with Gasteiger partial charge < -0.3 is 15.8 Å². The number of anilines is 1. The summed E-state index contributed by atoms with van der Waals surface area (Å²) >= 11 is 0. The second kappa shape index (κ2) is 6.59. The van der Waals surface area contributed by atoms with Crippen LogP contribution in [0.5, 0.6) is 5.88 Å². The van der Waals surface area contributed by atoms with E-state index in [9.17, 15) is 0 Å². The number of ether oxygens (including phenoxy) is 1. The van der Waals surface area contributed by atoms with Crippen LogP contribution in [0.1, 0.15) is 32.6 Å². The zero-order valence-electron chi connectivity index (χ0n) is 11.1. The minimum atomic E-state index is 0.451. The lowest BCUT2D eigenvalue weighted by molar-refractivity contribution is 0.319. The van der Waals surface area contributed by atoms with Gasteiger partial charge in [-0.3, -0.25) is 0 Å². The highest BCUT2D eigenvalue weighted by atomic mass is 16.5. The Balaban J connectivity index is 2.07. The Labute approximate surface area is 109 Å². The van der Waals surface area contributed by atoms with E-state index in [4.69, 9.17) is 10.5 Å². The standard InChI is InChI=1S/C14H23N3O/c1-2-18-14-13(8-5-9-16-14)17-12-7-4-3-6-11(12)10-15/h5,8-9,11-12,17H,2-4,6-7,10,15H2,1H3. The van der Waals surface area contributed by atoms with Crippen molar-refractivity contribution in [1.29, 1.82) is 0 Å². The summed E-state index contributed by atoms with van der Waals surface area (Å²) in [6, 6.07) is 4.41. The van der Waals surface area contributed by atoms with E-state index in [1.165, 1.54) is 25.7 Å². The van der Waals surface area contributed by atoms with Crippen LogP contribution in [0.3, 0.4) is 0 Å². The van der Waals surface area contributed by atoms with E-state index >= 15 is 0 Å². The quantitative estimate of drug-likeness (QED) is 0.841. The summed E-state index contributed by atoms with van der Waals surface area (Å²) in [6.07, 6.45) is 6.74. The molecule has 0 aliphatic heterocycles. The second-order valence-corrected chi connectivity index (χ2v) is 4.82. The summed E-state index contributed by atoms with van der Waals surface area (Å²) in [5, 5.41) is 3.57. The van der Waals surface area contributed by atoms with Crippen molar-refractivity contribution in [2.45, 2.75) is 38.6 Å². The highest BCUT2D eigenvalue weighted by Gasteiger charge is 2.24. The van der Waals surface area contributed by atoms with E-state index in [0.29, 0.717) is 24.4 Å². The normalized spacial score (nSPS) is 23.7. The second-order valence-electron chi connectivity index (χ2n) is 4.82. The molecule has 1 aromatic rings. The fourth-order valence-electron chi connectivity index (χ4n) is 2.63. The molecule has 0 amide bonds. The summed E-state index contributed by atoms with van der Waals surface area (Å²) in [7, 11) is 0. The van der Waals surface area contributed by atoms with Crippen molar-refractivity contribution in [1.82, 2.24) is 4.98 Å². The van der Waals surface area contributed by atoms with Crippen LogP contribution >= 0.6 is 0 Å². The summed E-state index contributed by atoms with van der Waals surface area (Å²) in [6.45, 7) is 3.36. The Morgan fingerprint density at radius 3 is 3.06 bits per heavy atom. The van der Waals surface area contributed by atoms with E-state index in [0.717, 1.165) is 12.2 Å². The summed E-state index contributed by atoms with van der Waals surface area (Å²) < 4.78 is 5.54. The first-order valence-corrected chi connectivity index (χ1v) is 6.89. The first kappa shape index (κ1) is 13.1. The number of hydrogen-bond acceptors (Lipinski definition) is 4. The van der Waals surface area contributed by atoms with Gasteiger partial charge in [0.05, 0.1) is 12.3 Å². The van der Waals surface area contributed by atoms with Gasteiger partial charge in [-0.2, -0.15) is 0 Å². The van der Waals surface area contributed by atoms with Crippen LogP contribution in [0.4, 0.5) is 5.69 Å². The van der Waals surface area contributed by atoms with Gasteiger partial charge in [-0.25, -0.2) is 4.98 Å². The molecule has 0 bridgehead atoms. The molecule has 2 unspecified atom stereocenters. The highest BCUT2D eigenvalue weighted by molar-refractivity contribution is 5.52. The minimum Gasteiger partial charge on any atom is -0.476 e. The van der Waals surface area contributed by atoms with Crippen LogP contribution in [0.15, 0.2) is 18.3 Å². The number of nitrogens with one attached hydrogen (secondary N) is 1. The molecule has 100 valence electrons. The first-order chi connectivity index (χ1) is 8.85. The number of nitrogens with zero attached hydrogens (tertiary/aromatic N) is 1. The molecule has 4 nitrogen and oxygen atoms in total. The monoisotopic (exact) mass is 249 g/mol. The highest BCUT2D eigenvalue weighted by Crippen LogP contribution is 2.29. The van der Waals surface area contributed by atoms with Gasteiger partial charge in [0.1, 0.15) is 0 Å². The smallest absolute Gasteiger partial charge is 0.237 e.